The number of nitrogens with one attached hydrogen (secondary N) is 1. The van der Waals surface area contributed by atoms with Crippen LogP contribution in [0.3, 0.4) is 0 Å². The molecule has 4 nitrogen and oxygen atoms in total. The first-order valence-corrected chi connectivity index (χ1v) is 2.77. The number of ether oxygens (including phenoxy) is 1. The van der Waals surface area contributed by atoms with Crippen molar-refractivity contribution in [1.29, 1.82) is 0 Å². The molecule has 0 atom stereocenters. The van der Waals surface area contributed by atoms with Crippen LogP contribution in [-0.4, -0.2) is 31.7 Å². The van der Waals surface area contributed by atoms with E-state index in [-0.39, 0.29) is 18.4 Å². The summed E-state index contributed by atoms with van der Waals surface area (Å²) in [7, 11) is 1.34. The van der Waals surface area contributed by atoms with Crippen molar-refractivity contribution in [3.05, 3.63) is 0 Å². The minimum absolute atomic E-state index is 0. The van der Waals surface area contributed by atoms with Crippen LogP contribution in [-0.2, 0) is 9.53 Å². The zero-order chi connectivity index (χ0) is 6.91. The fraction of sp³-hybridized carbons (Fsp3) is 0.800. The van der Waals surface area contributed by atoms with Crippen LogP contribution < -0.4 is 11.1 Å². The van der Waals surface area contributed by atoms with Gasteiger partial charge in [-0.25, -0.2) is 4.79 Å². The van der Waals surface area contributed by atoms with Crippen LogP contribution in [0.25, 0.3) is 0 Å². The molecule has 1 fully saturated rings. The van der Waals surface area contributed by atoms with Crippen LogP contribution in [0.15, 0.2) is 0 Å². The Balaban J connectivity index is 0.000000810. The topological polar surface area (TPSA) is 64.3 Å². The summed E-state index contributed by atoms with van der Waals surface area (Å²) in [6.45, 7) is 1.05. The summed E-state index contributed by atoms with van der Waals surface area (Å²) in [6, 6.07) is 0. The number of halogens is 1. The van der Waals surface area contributed by atoms with Crippen LogP contribution in [0.5, 0.6) is 0 Å². The molecule has 0 aliphatic carbocycles. The van der Waals surface area contributed by atoms with Gasteiger partial charge in [-0.2, -0.15) is 0 Å². The SMILES string of the molecule is COC(=O)C1(N)CNC1.Cl. The van der Waals surface area contributed by atoms with E-state index in [1.54, 1.807) is 0 Å². The molecule has 0 radical (unpaired) electrons. The van der Waals surface area contributed by atoms with Crippen molar-refractivity contribution in [3.8, 4) is 0 Å². The van der Waals surface area contributed by atoms with Crippen molar-refractivity contribution in [1.82, 2.24) is 5.32 Å². The molecule has 1 aliphatic heterocycles. The summed E-state index contributed by atoms with van der Waals surface area (Å²) in [5.74, 6) is -0.332. The van der Waals surface area contributed by atoms with Gasteiger partial charge in [0.05, 0.1) is 7.11 Å². The Morgan fingerprint density at radius 3 is 2.30 bits per heavy atom. The average molecular weight is 167 g/mol. The molecule has 3 N–H and O–H groups in total. The summed E-state index contributed by atoms with van der Waals surface area (Å²) in [4.78, 5) is 10.7. The predicted octanol–water partition coefficient (Wildman–Crippen LogP) is -1.12. The molecular formula is C5H11ClN2O2. The van der Waals surface area contributed by atoms with E-state index in [4.69, 9.17) is 5.73 Å². The second-order valence-corrected chi connectivity index (χ2v) is 2.25. The first-order chi connectivity index (χ1) is 4.19. The summed E-state index contributed by atoms with van der Waals surface area (Å²) >= 11 is 0. The summed E-state index contributed by atoms with van der Waals surface area (Å²) in [5, 5.41) is 2.89. The first-order valence-electron chi connectivity index (χ1n) is 2.77. The normalized spacial score (nSPS) is 20.2. The molecule has 60 valence electrons. The highest BCUT2D eigenvalue weighted by molar-refractivity contribution is 5.85. The molecule has 1 heterocycles. The van der Waals surface area contributed by atoms with E-state index in [0.717, 1.165) is 0 Å². The molecule has 10 heavy (non-hydrogen) atoms. The van der Waals surface area contributed by atoms with Crippen LogP contribution in [0, 0.1) is 0 Å². The smallest absolute Gasteiger partial charge is 0.328 e. The number of rotatable bonds is 1. The minimum atomic E-state index is -0.741. The van der Waals surface area contributed by atoms with Gasteiger partial charge in [-0.05, 0) is 0 Å². The Bertz CT molecular complexity index is 136. The van der Waals surface area contributed by atoms with Gasteiger partial charge in [0.15, 0.2) is 0 Å². The number of hydrogen-bond donors (Lipinski definition) is 2. The molecule has 0 amide bonds. The van der Waals surface area contributed by atoms with Crippen LogP contribution in [0.1, 0.15) is 0 Å². The van der Waals surface area contributed by atoms with Gasteiger partial charge in [0.25, 0.3) is 0 Å². The van der Waals surface area contributed by atoms with Crippen molar-refractivity contribution in [2.75, 3.05) is 20.2 Å². The molecule has 1 saturated heterocycles. The molecule has 0 aromatic carbocycles. The standard InChI is InChI=1S/C5H10N2O2.ClH/c1-9-4(8)5(6)2-7-3-5;/h7H,2-3,6H2,1H3;1H. The predicted molar refractivity (Wildman–Crippen MR) is 39.1 cm³/mol. The Hall–Kier alpha value is -0.320. The monoisotopic (exact) mass is 166 g/mol. The summed E-state index contributed by atoms with van der Waals surface area (Å²) < 4.78 is 4.45. The molecule has 0 spiro atoms. The maximum Gasteiger partial charge on any atom is 0.328 e. The van der Waals surface area contributed by atoms with Crippen molar-refractivity contribution < 1.29 is 9.53 Å². The molecule has 5 heteroatoms. The highest BCUT2D eigenvalue weighted by Crippen LogP contribution is 2.07. The fourth-order valence-corrected chi connectivity index (χ4v) is 0.742. The Morgan fingerprint density at radius 2 is 2.20 bits per heavy atom. The van der Waals surface area contributed by atoms with Gasteiger partial charge in [-0.1, -0.05) is 0 Å². The molecule has 0 unspecified atom stereocenters. The number of hydrogen-bond acceptors (Lipinski definition) is 4. The number of carbonyl (C=O) groups excluding carboxylic acids is 1. The highest BCUT2D eigenvalue weighted by Gasteiger charge is 2.41. The number of methoxy groups -OCH3 is 1. The largest absolute Gasteiger partial charge is 0.468 e. The Labute approximate surface area is 65.5 Å². The van der Waals surface area contributed by atoms with Gasteiger partial charge in [-0.3, -0.25) is 0 Å². The van der Waals surface area contributed by atoms with Crippen LogP contribution >= 0.6 is 12.4 Å². The Kier molecular flexibility index (Phi) is 3.08. The van der Waals surface area contributed by atoms with Crippen LogP contribution in [0.4, 0.5) is 0 Å². The zero-order valence-corrected chi connectivity index (χ0v) is 6.53. The third kappa shape index (κ3) is 1.39. The van der Waals surface area contributed by atoms with E-state index >= 15 is 0 Å². The third-order valence-electron chi connectivity index (χ3n) is 1.47. The maximum absolute atomic E-state index is 10.7. The van der Waals surface area contributed by atoms with E-state index in [9.17, 15) is 4.79 Å². The van der Waals surface area contributed by atoms with Crippen LogP contribution in [0.2, 0.25) is 0 Å². The van der Waals surface area contributed by atoms with Gasteiger partial charge in [0.2, 0.25) is 0 Å². The molecule has 0 bridgehead atoms. The summed E-state index contributed by atoms with van der Waals surface area (Å²) in [6.07, 6.45) is 0. The van der Waals surface area contributed by atoms with E-state index in [0.29, 0.717) is 13.1 Å². The van der Waals surface area contributed by atoms with Gasteiger partial charge >= 0.3 is 5.97 Å². The zero-order valence-electron chi connectivity index (χ0n) is 5.72. The second kappa shape index (κ2) is 3.18. The van der Waals surface area contributed by atoms with E-state index < -0.39 is 5.54 Å². The molecule has 0 saturated carbocycles. The number of carbonyl (C=O) groups is 1. The lowest BCUT2D eigenvalue weighted by Crippen LogP contribution is -2.70. The van der Waals surface area contributed by atoms with E-state index in [1.807, 2.05) is 0 Å². The lowest BCUT2D eigenvalue weighted by atomic mass is 9.94. The molecular weight excluding hydrogens is 156 g/mol. The highest BCUT2D eigenvalue weighted by atomic mass is 35.5. The Morgan fingerprint density at radius 1 is 1.70 bits per heavy atom. The third-order valence-corrected chi connectivity index (χ3v) is 1.47. The molecule has 1 rings (SSSR count). The average Bonchev–Trinajstić information content (AvgIpc) is 1.81. The lowest BCUT2D eigenvalue weighted by molar-refractivity contribution is -0.149. The minimum Gasteiger partial charge on any atom is -0.468 e. The van der Waals surface area contributed by atoms with Gasteiger partial charge in [-0.15, -0.1) is 12.4 Å². The van der Waals surface area contributed by atoms with Crippen molar-refractivity contribution >= 4 is 18.4 Å². The van der Waals surface area contributed by atoms with Crippen molar-refractivity contribution in [2.45, 2.75) is 5.54 Å². The number of nitrogens with two attached hydrogens (primary N) is 1. The molecule has 0 aromatic heterocycles. The van der Waals surface area contributed by atoms with E-state index in [2.05, 4.69) is 10.1 Å². The van der Waals surface area contributed by atoms with Gasteiger partial charge in [0, 0.05) is 13.1 Å². The van der Waals surface area contributed by atoms with Gasteiger partial charge < -0.3 is 15.8 Å². The molecule has 0 aromatic rings. The quantitative estimate of drug-likeness (QED) is 0.485. The second-order valence-electron chi connectivity index (χ2n) is 2.25. The first kappa shape index (κ1) is 9.68. The fourth-order valence-electron chi connectivity index (χ4n) is 0.742. The van der Waals surface area contributed by atoms with Gasteiger partial charge in [0.1, 0.15) is 5.54 Å². The molecule has 1 aliphatic rings. The lowest BCUT2D eigenvalue weighted by Gasteiger charge is -2.35. The summed E-state index contributed by atoms with van der Waals surface area (Å²) in [5.41, 5.74) is 4.78. The van der Waals surface area contributed by atoms with Crippen molar-refractivity contribution in [2.24, 2.45) is 5.73 Å². The maximum atomic E-state index is 10.7. The van der Waals surface area contributed by atoms with Crippen molar-refractivity contribution in [3.63, 3.8) is 0 Å². The number of esters is 1. The van der Waals surface area contributed by atoms with E-state index in [1.165, 1.54) is 7.11 Å².